The molecular weight excluding hydrogens is 226 g/mol. The van der Waals surface area contributed by atoms with E-state index in [9.17, 15) is 9.00 Å². The minimum atomic E-state index is -0.760. The first-order valence-corrected chi connectivity index (χ1v) is 7.06. The van der Waals surface area contributed by atoms with Gasteiger partial charge in [-0.25, -0.2) is 4.79 Å². The van der Waals surface area contributed by atoms with Crippen LogP contribution in [0.5, 0.6) is 0 Å². The van der Waals surface area contributed by atoms with Crippen molar-refractivity contribution in [2.75, 3.05) is 26.0 Å². The Morgan fingerprint density at radius 1 is 1.56 bits per heavy atom. The third-order valence-corrected chi connectivity index (χ3v) is 3.47. The molecule has 0 saturated carbocycles. The number of ether oxygens (including phenoxy) is 1. The van der Waals surface area contributed by atoms with Gasteiger partial charge in [-0.3, -0.25) is 4.21 Å². The molecule has 0 aliphatic carbocycles. The molecule has 0 heterocycles. The second-order valence-corrected chi connectivity index (χ2v) is 5.26. The second-order valence-electron chi connectivity index (χ2n) is 3.46. The molecular formula is C11H21NO3S. The molecule has 0 saturated heterocycles. The van der Waals surface area contributed by atoms with Crippen LogP contribution in [-0.2, 0) is 20.3 Å². The minimum Gasteiger partial charge on any atom is -0.463 e. The zero-order valence-corrected chi connectivity index (χ0v) is 11.0. The lowest BCUT2D eigenvalue weighted by atomic mass is 10.3. The maximum Gasteiger partial charge on any atom is 0.330 e. The number of nitrogens with one attached hydrogen (secondary N) is 1. The highest BCUT2D eigenvalue weighted by Crippen LogP contribution is 1.96. The van der Waals surface area contributed by atoms with Crippen molar-refractivity contribution in [2.24, 2.45) is 0 Å². The van der Waals surface area contributed by atoms with Crippen LogP contribution < -0.4 is 5.32 Å². The first-order chi connectivity index (χ1) is 7.57. The summed E-state index contributed by atoms with van der Waals surface area (Å²) in [7, 11) is -0.760. The zero-order chi connectivity index (χ0) is 12.4. The van der Waals surface area contributed by atoms with Crippen LogP contribution in [0.25, 0.3) is 0 Å². The lowest BCUT2D eigenvalue weighted by Gasteiger charge is -2.07. The summed E-state index contributed by atoms with van der Waals surface area (Å²) in [6.07, 6.45) is 5.73. The van der Waals surface area contributed by atoms with Gasteiger partial charge in [0.05, 0.1) is 6.61 Å². The van der Waals surface area contributed by atoms with Crippen LogP contribution in [0.15, 0.2) is 12.2 Å². The summed E-state index contributed by atoms with van der Waals surface area (Å²) in [5.41, 5.74) is 0. The maximum atomic E-state index is 11.0. The second kappa shape index (κ2) is 9.54. The smallest absolute Gasteiger partial charge is 0.330 e. The van der Waals surface area contributed by atoms with Gasteiger partial charge in [0.25, 0.3) is 0 Å². The summed E-state index contributed by atoms with van der Waals surface area (Å²) in [6, 6.07) is 0. The molecule has 5 heteroatoms. The topological polar surface area (TPSA) is 55.4 Å². The molecule has 0 rings (SSSR count). The third-order valence-electron chi connectivity index (χ3n) is 2.10. The Bertz CT molecular complexity index is 254. The lowest BCUT2D eigenvalue weighted by Crippen LogP contribution is -2.21. The molecule has 2 unspecified atom stereocenters. The van der Waals surface area contributed by atoms with E-state index >= 15 is 0 Å². The highest BCUT2D eigenvalue weighted by molar-refractivity contribution is 7.84. The average Bonchev–Trinajstić information content (AvgIpc) is 2.23. The molecule has 1 N–H and O–H groups in total. The summed E-state index contributed by atoms with van der Waals surface area (Å²) in [4.78, 5) is 10.9. The summed E-state index contributed by atoms with van der Waals surface area (Å²) in [6.45, 7) is 5.56. The van der Waals surface area contributed by atoms with Gasteiger partial charge in [0.2, 0.25) is 0 Å². The standard InChI is InChI=1S/C11H21NO3S/c1-4-15-11(13)6-5-8-12-9-7-10(2)16(3)14/h5-6,10,12H,4,7-9H2,1-3H3/b6-5+. The van der Waals surface area contributed by atoms with Crippen LogP contribution in [0, 0.1) is 0 Å². The largest absolute Gasteiger partial charge is 0.463 e. The molecule has 4 nitrogen and oxygen atoms in total. The van der Waals surface area contributed by atoms with E-state index < -0.39 is 10.8 Å². The lowest BCUT2D eigenvalue weighted by molar-refractivity contribution is -0.137. The van der Waals surface area contributed by atoms with Gasteiger partial charge in [0, 0.05) is 34.9 Å². The van der Waals surface area contributed by atoms with Gasteiger partial charge in [0.15, 0.2) is 0 Å². The number of rotatable bonds is 8. The molecule has 0 aromatic carbocycles. The number of hydrogen-bond donors (Lipinski definition) is 1. The Morgan fingerprint density at radius 3 is 2.81 bits per heavy atom. The van der Waals surface area contributed by atoms with Crippen molar-refractivity contribution in [2.45, 2.75) is 25.5 Å². The molecule has 0 aliphatic rings. The molecule has 16 heavy (non-hydrogen) atoms. The number of carbonyl (C=O) groups excluding carboxylic acids is 1. The quantitative estimate of drug-likeness (QED) is 0.392. The normalized spacial score (nSPS) is 14.9. The summed E-state index contributed by atoms with van der Waals surface area (Å²) >= 11 is 0. The first-order valence-electron chi connectivity index (χ1n) is 5.44. The first kappa shape index (κ1) is 15.3. The van der Waals surface area contributed by atoms with Crippen molar-refractivity contribution >= 4 is 16.8 Å². The Kier molecular flexibility index (Phi) is 9.13. The van der Waals surface area contributed by atoms with E-state index in [-0.39, 0.29) is 11.2 Å². The molecule has 0 bridgehead atoms. The van der Waals surface area contributed by atoms with Crippen LogP contribution in [0.1, 0.15) is 20.3 Å². The van der Waals surface area contributed by atoms with Gasteiger partial charge < -0.3 is 10.1 Å². The van der Waals surface area contributed by atoms with E-state index in [4.69, 9.17) is 4.74 Å². The predicted molar refractivity (Wildman–Crippen MR) is 66.8 cm³/mol. The molecule has 0 aromatic heterocycles. The van der Waals surface area contributed by atoms with Crippen molar-refractivity contribution in [3.63, 3.8) is 0 Å². The monoisotopic (exact) mass is 247 g/mol. The molecule has 0 aliphatic heterocycles. The van der Waals surface area contributed by atoms with E-state index in [2.05, 4.69) is 5.32 Å². The van der Waals surface area contributed by atoms with Gasteiger partial charge in [-0.1, -0.05) is 13.0 Å². The zero-order valence-electron chi connectivity index (χ0n) is 10.2. The fourth-order valence-electron chi connectivity index (χ4n) is 1.00. The molecule has 0 aromatic rings. The van der Waals surface area contributed by atoms with Crippen molar-refractivity contribution in [3.8, 4) is 0 Å². The van der Waals surface area contributed by atoms with Gasteiger partial charge in [-0.15, -0.1) is 0 Å². The van der Waals surface area contributed by atoms with Crippen molar-refractivity contribution in [1.82, 2.24) is 5.32 Å². The fraction of sp³-hybridized carbons (Fsp3) is 0.727. The predicted octanol–water partition coefficient (Wildman–Crippen LogP) is 0.852. The van der Waals surface area contributed by atoms with Crippen molar-refractivity contribution < 1.29 is 13.7 Å². The van der Waals surface area contributed by atoms with Crippen LogP contribution >= 0.6 is 0 Å². The van der Waals surface area contributed by atoms with Gasteiger partial charge in [-0.2, -0.15) is 0 Å². The van der Waals surface area contributed by atoms with Crippen LogP contribution in [0.2, 0.25) is 0 Å². The van der Waals surface area contributed by atoms with Crippen molar-refractivity contribution in [1.29, 1.82) is 0 Å². The van der Waals surface area contributed by atoms with E-state index in [0.29, 0.717) is 13.2 Å². The summed E-state index contributed by atoms with van der Waals surface area (Å²) in [5.74, 6) is -0.313. The van der Waals surface area contributed by atoms with Crippen LogP contribution in [-0.4, -0.2) is 41.4 Å². The van der Waals surface area contributed by atoms with Crippen LogP contribution in [0.3, 0.4) is 0 Å². The molecule has 0 radical (unpaired) electrons. The highest BCUT2D eigenvalue weighted by atomic mass is 32.2. The van der Waals surface area contributed by atoms with E-state index in [0.717, 1.165) is 13.0 Å². The van der Waals surface area contributed by atoms with Crippen molar-refractivity contribution in [3.05, 3.63) is 12.2 Å². The molecule has 0 amide bonds. The Balaban J connectivity index is 3.46. The minimum absolute atomic E-state index is 0.210. The third kappa shape index (κ3) is 8.61. The van der Waals surface area contributed by atoms with Gasteiger partial charge in [0.1, 0.15) is 0 Å². The van der Waals surface area contributed by atoms with E-state index in [1.165, 1.54) is 6.08 Å². The molecule has 0 spiro atoms. The SMILES string of the molecule is CCOC(=O)/C=C/CNCCC(C)S(C)=O. The number of esters is 1. The number of carbonyl (C=O) groups is 1. The Labute approximate surface area is 99.9 Å². The molecule has 2 atom stereocenters. The molecule has 94 valence electrons. The average molecular weight is 247 g/mol. The molecule has 0 fully saturated rings. The Morgan fingerprint density at radius 2 is 2.25 bits per heavy atom. The fourth-order valence-corrected chi connectivity index (χ4v) is 1.45. The van der Waals surface area contributed by atoms with Gasteiger partial charge in [-0.05, 0) is 19.9 Å². The maximum absolute atomic E-state index is 11.0. The summed E-state index contributed by atoms with van der Waals surface area (Å²) < 4.78 is 15.8. The highest BCUT2D eigenvalue weighted by Gasteiger charge is 2.04. The van der Waals surface area contributed by atoms with Gasteiger partial charge >= 0.3 is 5.97 Å². The van der Waals surface area contributed by atoms with E-state index in [1.54, 1.807) is 19.3 Å². The summed E-state index contributed by atoms with van der Waals surface area (Å²) in [5, 5.41) is 3.35. The Hall–Kier alpha value is -0.680. The van der Waals surface area contributed by atoms with E-state index in [1.807, 2.05) is 6.92 Å². The van der Waals surface area contributed by atoms with Crippen LogP contribution in [0.4, 0.5) is 0 Å². The number of hydrogen-bond acceptors (Lipinski definition) is 4.